The zero-order chi connectivity index (χ0) is 33.9. The van der Waals surface area contributed by atoms with Gasteiger partial charge in [-0.2, -0.15) is 0 Å². The Hall–Kier alpha value is -4.29. The number of carboxylic acids is 1. The Labute approximate surface area is 275 Å². The third kappa shape index (κ3) is 7.49. The molecule has 5 atom stereocenters. The monoisotopic (exact) mass is 654 g/mol. The van der Waals surface area contributed by atoms with Crippen molar-refractivity contribution in [1.82, 2.24) is 15.5 Å². The summed E-state index contributed by atoms with van der Waals surface area (Å²) in [6.07, 6.45) is 4.81. The predicted octanol–water partition coefficient (Wildman–Crippen LogP) is 3.79. The molecular formula is C34H46N4O9. The van der Waals surface area contributed by atoms with Gasteiger partial charge < -0.3 is 39.7 Å². The van der Waals surface area contributed by atoms with Crippen LogP contribution in [0, 0.1) is 11.3 Å². The van der Waals surface area contributed by atoms with E-state index in [4.69, 9.17) is 19.0 Å². The van der Waals surface area contributed by atoms with E-state index >= 15 is 0 Å². The number of nitrogens with one attached hydrogen (secondary N) is 2. The molecule has 3 N–H and O–H groups in total. The Balaban J connectivity index is 1.38. The highest BCUT2D eigenvalue weighted by molar-refractivity contribution is 6.03. The third-order valence-corrected chi connectivity index (χ3v) is 9.49. The molecule has 1 saturated heterocycles. The van der Waals surface area contributed by atoms with Crippen LogP contribution >= 0.6 is 0 Å². The van der Waals surface area contributed by atoms with Crippen molar-refractivity contribution in [3.63, 3.8) is 0 Å². The molecule has 4 aliphatic rings. The largest absolute Gasteiger partial charge is 0.497 e. The van der Waals surface area contributed by atoms with Gasteiger partial charge in [-0.1, -0.05) is 32.0 Å². The van der Waals surface area contributed by atoms with Crippen molar-refractivity contribution in [2.75, 3.05) is 20.3 Å². The fourth-order valence-electron chi connectivity index (χ4n) is 6.69. The summed E-state index contributed by atoms with van der Waals surface area (Å²) >= 11 is 0. The second-order valence-corrected chi connectivity index (χ2v) is 13.9. The average molecular weight is 655 g/mol. The molecule has 13 heteroatoms. The number of hydrogen-bond acceptors (Lipinski definition) is 9. The van der Waals surface area contributed by atoms with Crippen LogP contribution in [0.3, 0.4) is 0 Å². The van der Waals surface area contributed by atoms with Gasteiger partial charge in [0.1, 0.15) is 41.3 Å². The number of rotatable bonds is 11. The first kappa shape index (κ1) is 34.1. The number of oxime groups is 1. The fourth-order valence-corrected chi connectivity index (χ4v) is 6.69. The lowest BCUT2D eigenvalue weighted by Gasteiger charge is -2.35. The van der Waals surface area contributed by atoms with Crippen LogP contribution in [0.15, 0.2) is 36.0 Å². The van der Waals surface area contributed by atoms with Crippen LogP contribution < -0.4 is 20.1 Å². The van der Waals surface area contributed by atoms with Crippen molar-refractivity contribution in [2.24, 2.45) is 16.5 Å². The van der Waals surface area contributed by atoms with Crippen molar-refractivity contribution in [3.05, 3.63) is 36.4 Å². The number of benzene rings is 1. The zero-order valence-corrected chi connectivity index (χ0v) is 27.6. The molecule has 47 heavy (non-hydrogen) atoms. The molecule has 1 aromatic carbocycles. The molecular weight excluding hydrogens is 608 g/mol. The number of carbonyl (C=O) groups is 4. The number of amides is 3. The van der Waals surface area contributed by atoms with E-state index in [1.807, 2.05) is 26.8 Å². The lowest BCUT2D eigenvalue weighted by molar-refractivity contribution is -0.146. The Morgan fingerprint density at radius 1 is 1.21 bits per heavy atom. The number of ether oxygens (including phenoxy) is 3. The number of carbonyl (C=O) groups excluding carboxylic acids is 3. The average Bonchev–Trinajstić information content (AvgIpc) is 3.34. The maximum absolute atomic E-state index is 14.3. The molecule has 0 unspecified atom stereocenters. The van der Waals surface area contributed by atoms with Crippen molar-refractivity contribution >= 4 is 29.6 Å². The van der Waals surface area contributed by atoms with Gasteiger partial charge in [0, 0.05) is 18.4 Å². The Kier molecular flexibility index (Phi) is 10.0. The van der Waals surface area contributed by atoms with Crippen LogP contribution in [-0.4, -0.2) is 89.7 Å². The normalized spacial score (nSPS) is 26.9. The molecule has 3 fully saturated rings. The van der Waals surface area contributed by atoms with Crippen molar-refractivity contribution in [1.29, 1.82) is 0 Å². The molecule has 0 bridgehead atoms. The van der Waals surface area contributed by atoms with E-state index in [2.05, 4.69) is 22.4 Å². The van der Waals surface area contributed by atoms with Crippen molar-refractivity contribution in [3.8, 4) is 11.5 Å². The molecule has 2 aliphatic carbocycles. The SMILES string of the molecule is C=CC[C@@H]1C[C@]1(NC(=O)[C@@H]1C[C@@H](O/N=C2\CCOc3ccc(OC)cc32)CN1C(=O)[C@@H](NC(=O)OC1CCCC1)C(C)(C)C)C(=O)O. The summed E-state index contributed by atoms with van der Waals surface area (Å²) in [6.45, 7) is 9.55. The minimum absolute atomic E-state index is 0.00272. The minimum atomic E-state index is -1.43. The Bertz CT molecular complexity index is 1420. The van der Waals surface area contributed by atoms with Crippen molar-refractivity contribution in [2.45, 2.75) is 102 Å². The Morgan fingerprint density at radius 3 is 2.62 bits per heavy atom. The summed E-state index contributed by atoms with van der Waals surface area (Å²) in [6, 6.07) is 3.30. The number of carboxylic acid groups (broad SMARTS) is 1. The minimum Gasteiger partial charge on any atom is -0.497 e. The summed E-state index contributed by atoms with van der Waals surface area (Å²) in [5.41, 5.74) is -0.824. The van der Waals surface area contributed by atoms with Gasteiger partial charge in [-0.15, -0.1) is 6.58 Å². The number of fused-ring (bicyclic) bond motifs is 1. The highest BCUT2D eigenvalue weighted by Gasteiger charge is 2.62. The first-order chi connectivity index (χ1) is 22.4. The number of alkyl carbamates (subject to hydrolysis) is 1. The Morgan fingerprint density at radius 2 is 1.96 bits per heavy atom. The fraction of sp³-hybridized carbons (Fsp3) is 0.618. The lowest BCUT2D eigenvalue weighted by Crippen LogP contribution is -2.59. The van der Waals surface area contributed by atoms with Crippen LogP contribution in [-0.2, 0) is 24.0 Å². The molecule has 1 aromatic rings. The first-order valence-corrected chi connectivity index (χ1v) is 16.3. The van der Waals surface area contributed by atoms with E-state index in [0.29, 0.717) is 36.7 Å². The molecule has 0 spiro atoms. The van der Waals surface area contributed by atoms with E-state index in [0.717, 1.165) is 31.2 Å². The standard InChI is InChI=1S/C34H46N4O9/c1-6-9-20-18-34(20,31(41)42)36-29(39)26-17-23(47-37-25-14-15-45-27-13-12-22(44-5)16-24(25)27)19-38(26)30(40)28(33(2,3)4)35-32(43)46-21-10-7-8-11-21/h6,12-13,16,20-21,23,26,28H,1,7-11,14-15,17-19H2,2-5H3,(H,35,43)(H,36,39)(H,41,42)/b37-25+/t20-,23-,26+,28-,34-/m1/s1. The molecule has 13 nitrogen and oxygen atoms in total. The van der Waals surface area contributed by atoms with Gasteiger partial charge in [0.15, 0.2) is 0 Å². The summed E-state index contributed by atoms with van der Waals surface area (Å²) < 4.78 is 16.7. The third-order valence-electron chi connectivity index (χ3n) is 9.49. The maximum Gasteiger partial charge on any atom is 0.408 e. The lowest BCUT2D eigenvalue weighted by atomic mass is 9.85. The topological polar surface area (TPSA) is 165 Å². The predicted molar refractivity (Wildman–Crippen MR) is 171 cm³/mol. The quantitative estimate of drug-likeness (QED) is 0.238. The van der Waals surface area contributed by atoms with Gasteiger partial charge in [0.05, 0.1) is 26.0 Å². The molecule has 256 valence electrons. The molecule has 2 heterocycles. The first-order valence-electron chi connectivity index (χ1n) is 16.3. The molecule has 5 rings (SSSR count). The van der Waals surface area contributed by atoms with Crippen LogP contribution in [0.5, 0.6) is 11.5 Å². The van der Waals surface area contributed by atoms with Gasteiger partial charge in [-0.25, -0.2) is 9.59 Å². The highest BCUT2D eigenvalue weighted by atomic mass is 16.6. The van der Waals surface area contributed by atoms with Crippen LogP contribution in [0.2, 0.25) is 0 Å². The number of likely N-dealkylation sites (tertiary alicyclic amines) is 1. The molecule has 0 aromatic heterocycles. The number of methoxy groups -OCH3 is 1. The molecule has 2 aliphatic heterocycles. The highest BCUT2D eigenvalue weighted by Crippen LogP contribution is 2.46. The smallest absolute Gasteiger partial charge is 0.408 e. The van der Waals surface area contributed by atoms with E-state index in [1.54, 1.807) is 25.3 Å². The van der Waals surface area contributed by atoms with Crippen LogP contribution in [0.4, 0.5) is 4.79 Å². The van der Waals surface area contributed by atoms with Gasteiger partial charge in [0.2, 0.25) is 11.8 Å². The molecule has 0 radical (unpaired) electrons. The van der Waals surface area contributed by atoms with E-state index in [1.165, 1.54) is 4.90 Å². The molecule has 2 saturated carbocycles. The second-order valence-electron chi connectivity index (χ2n) is 13.9. The van der Waals surface area contributed by atoms with Gasteiger partial charge in [0.25, 0.3) is 0 Å². The summed E-state index contributed by atoms with van der Waals surface area (Å²) in [5.74, 6) is -1.26. The van der Waals surface area contributed by atoms with E-state index in [9.17, 15) is 24.3 Å². The zero-order valence-electron chi connectivity index (χ0n) is 27.6. The maximum atomic E-state index is 14.3. The summed E-state index contributed by atoms with van der Waals surface area (Å²) in [5, 5.41) is 20.0. The van der Waals surface area contributed by atoms with E-state index < -0.39 is 53.0 Å². The summed E-state index contributed by atoms with van der Waals surface area (Å²) in [4.78, 5) is 60.7. The van der Waals surface area contributed by atoms with Gasteiger partial charge in [-0.3, -0.25) is 9.59 Å². The number of aliphatic carboxylic acids is 1. The van der Waals surface area contributed by atoms with Gasteiger partial charge in [-0.05, 0) is 68.1 Å². The number of nitrogens with zero attached hydrogens (tertiary/aromatic N) is 2. The number of allylic oxidation sites excluding steroid dienone is 1. The van der Waals surface area contributed by atoms with Crippen LogP contribution in [0.1, 0.15) is 77.7 Å². The van der Waals surface area contributed by atoms with Gasteiger partial charge >= 0.3 is 12.1 Å². The molecule has 3 amide bonds. The number of hydrogen-bond donors (Lipinski definition) is 3. The van der Waals surface area contributed by atoms with Crippen LogP contribution in [0.25, 0.3) is 0 Å². The summed E-state index contributed by atoms with van der Waals surface area (Å²) in [7, 11) is 1.57. The second kappa shape index (κ2) is 13.8. The van der Waals surface area contributed by atoms with Crippen molar-refractivity contribution < 1.29 is 43.3 Å². The van der Waals surface area contributed by atoms with E-state index in [-0.39, 0.29) is 31.4 Å².